The largest absolute Gasteiger partial charge is 0.409 e. The van der Waals surface area contributed by atoms with Crippen molar-refractivity contribution in [2.45, 2.75) is 26.1 Å². The van der Waals surface area contributed by atoms with E-state index in [2.05, 4.69) is 5.43 Å². The predicted octanol–water partition coefficient (Wildman–Crippen LogP) is 2.80. The average molecular weight is 290 g/mol. The first kappa shape index (κ1) is 14.8. The molecule has 1 amide bonds. The number of hydrogen-bond donors (Lipinski definition) is 1. The Morgan fingerprint density at radius 1 is 1.25 bits per heavy atom. The molecule has 1 fully saturated rings. The van der Waals surface area contributed by atoms with Crippen molar-refractivity contribution in [3.8, 4) is 0 Å². The number of nitrogens with one attached hydrogen (secondary N) is 1. The molecular formula is C13H14F4N2O. The Balaban J connectivity index is 2.35. The molecule has 0 spiro atoms. The molecule has 0 unspecified atom stereocenters. The lowest BCUT2D eigenvalue weighted by molar-refractivity contribution is -0.191. The summed E-state index contributed by atoms with van der Waals surface area (Å²) in [6.07, 6.45) is -4.58. The maximum absolute atomic E-state index is 13.3. The van der Waals surface area contributed by atoms with Crippen molar-refractivity contribution in [2.75, 3.05) is 6.54 Å². The van der Waals surface area contributed by atoms with Gasteiger partial charge in [-0.25, -0.2) is 9.40 Å². The highest BCUT2D eigenvalue weighted by Crippen LogP contribution is 2.40. The second-order valence-corrected chi connectivity index (χ2v) is 5.45. The topological polar surface area (TPSA) is 32.3 Å². The zero-order valence-corrected chi connectivity index (χ0v) is 11.0. The average Bonchev–Trinajstić information content (AvgIpc) is 2.54. The number of carbonyl (C=O) groups excluding carboxylic acids is 1. The van der Waals surface area contributed by atoms with E-state index < -0.39 is 29.4 Å². The molecule has 0 aromatic heterocycles. The maximum Gasteiger partial charge on any atom is 0.409 e. The van der Waals surface area contributed by atoms with Gasteiger partial charge in [0.05, 0.1) is 5.41 Å². The van der Waals surface area contributed by atoms with E-state index in [1.807, 2.05) is 0 Å². The summed E-state index contributed by atoms with van der Waals surface area (Å²) in [4.78, 5) is 11.6. The second-order valence-electron chi connectivity index (χ2n) is 5.45. The monoisotopic (exact) mass is 290 g/mol. The van der Waals surface area contributed by atoms with E-state index in [1.54, 1.807) is 13.8 Å². The van der Waals surface area contributed by atoms with Crippen LogP contribution in [0.5, 0.6) is 0 Å². The molecule has 1 aromatic carbocycles. The van der Waals surface area contributed by atoms with Gasteiger partial charge >= 0.3 is 6.18 Å². The van der Waals surface area contributed by atoms with Crippen LogP contribution in [0, 0.1) is 11.2 Å². The van der Waals surface area contributed by atoms with Crippen LogP contribution in [0.25, 0.3) is 0 Å². The Hall–Kier alpha value is -1.63. The fraction of sp³-hybridized carbons (Fsp3) is 0.462. The van der Waals surface area contributed by atoms with Gasteiger partial charge in [0.1, 0.15) is 11.9 Å². The van der Waals surface area contributed by atoms with E-state index in [0.717, 1.165) is 29.3 Å². The standard InChI is InChI=1S/C13H14F4N2O/c1-12(2)7-19(18-11(12)20)10(13(15,16)17)8-3-5-9(14)6-4-8/h3-6,10H,7H2,1-2H3,(H,18,20)/t10-/m0/s1. The summed E-state index contributed by atoms with van der Waals surface area (Å²) in [6.45, 7) is 3.06. The van der Waals surface area contributed by atoms with Crippen molar-refractivity contribution in [3.63, 3.8) is 0 Å². The lowest BCUT2D eigenvalue weighted by Gasteiger charge is -2.29. The fourth-order valence-corrected chi connectivity index (χ4v) is 2.17. The van der Waals surface area contributed by atoms with Crippen LogP contribution < -0.4 is 5.43 Å². The molecule has 1 N–H and O–H groups in total. The molecule has 1 aromatic rings. The van der Waals surface area contributed by atoms with Crippen molar-refractivity contribution >= 4 is 5.91 Å². The highest BCUT2D eigenvalue weighted by molar-refractivity contribution is 5.83. The number of benzene rings is 1. The molecule has 0 bridgehead atoms. The van der Waals surface area contributed by atoms with Crippen LogP contribution >= 0.6 is 0 Å². The minimum atomic E-state index is -4.58. The summed E-state index contributed by atoms with van der Waals surface area (Å²) < 4.78 is 52.6. The molecule has 1 aliphatic rings. The van der Waals surface area contributed by atoms with Crippen molar-refractivity contribution in [1.82, 2.24) is 10.4 Å². The first-order valence-electron chi connectivity index (χ1n) is 6.01. The van der Waals surface area contributed by atoms with Gasteiger partial charge in [-0.1, -0.05) is 12.1 Å². The summed E-state index contributed by atoms with van der Waals surface area (Å²) in [6, 6.07) is 2.10. The van der Waals surface area contributed by atoms with E-state index in [-0.39, 0.29) is 12.1 Å². The van der Waals surface area contributed by atoms with Crippen molar-refractivity contribution in [2.24, 2.45) is 5.41 Å². The highest BCUT2D eigenvalue weighted by Gasteiger charge is 2.51. The molecule has 3 nitrogen and oxygen atoms in total. The number of nitrogens with zero attached hydrogens (tertiary/aromatic N) is 1. The van der Waals surface area contributed by atoms with Gasteiger partial charge < -0.3 is 0 Å². The number of halogens is 4. The molecule has 0 saturated carbocycles. The van der Waals surface area contributed by atoms with Crippen LogP contribution in [0.3, 0.4) is 0 Å². The van der Waals surface area contributed by atoms with Crippen molar-refractivity contribution < 1.29 is 22.4 Å². The molecule has 1 saturated heterocycles. The molecule has 20 heavy (non-hydrogen) atoms. The van der Waals surface area contributed by atoms with Gasteiger partial charge in [-0.2, -0.15) is 13.2 Å². The first-order valence-corrected chi connectivity index (χ1v) is 6.01. The molecule has 0 aliphatic carbocycles. The van der Waals surface area contributed by atoms with Gasteiger partial charge in [0, 0.05) is 6.54 Å². The normalized spacial score (nSPS) is 20.8. The van der Waals surface area contributed by atoms with E-state index in [4.69, 9.17) is 0 Å². The first-order chi connectivity index (χ1) is 9.11. The predicted molar refractivity (Wildman–Crippen MR) is 63.8 cm³/mol. The summed E-state index contributed by atoms with van der Waals surface area (Å²) >= 11 is 0. The van der Waals surface area contributed by atoms with Gasteiger partial charge in [0.15, 0.2) is 0 Å². The van der Waals surface area contributed by atoms with Gasteiger partial charge in [-0.3, -0.25) is 10.2 Å². The summed E-state index contributed by atoms with van der Waals surface area (Å²) in [5.74, 6) is -1.07. The van der Waals surface area contributed by atoms with Crippen molar-refractivity contribution in [1.29, 1.82) is 0 Å². The van der Waals surface area contributed by atoms with Crippen molar-refractivity contribution in [3.05, 3.63) is 35.6 Å². The number of amides is 1. The number of alkyl halides is 3. The lowest BCUT2D eigenvalue weighted by Crippen LogP contribution is -2.43. The fourth-order valence-electron chi connectivity index (χ4n) is 2.17. The van der Waals surface area contributed by atoms with E-state index in [1.165, 1.54) is 0 Å². The third-order valence-corrected chi connectivity index (χ3v) is 3.23. The van der Waals surface area contributed by atoms with Gasteiger partial charge in [-0.05, 0) is 31.5 Å². The van der Waals surface area contributed by atoms with E-state index in [9.17, 15) is 22.4 Å². The maximum atomic E-state index is 13.3. The Kier molecular flexibility index (Phi) is 3.49. The molecule has 1 atom stereocenters. The minimum Gasteiger partial charge on any atom is -0.287 e. The van der Waals surface area contributed by atoms with Crippen LogP contribution in [-0.4, -0.2) is 23.6 Å². The quantitative estimate of drug-likeness (QED) is 0.849. The van der Waals surface area contributed by atoms with E-state index in [0.29, 0.717) is 0 Å². The van der Waals surface area contributed by atoms with Crippen LogP contribution in [0.15, 0.2) is 24.3 Å². The Bertz CT molecular complexity index is 510. The van der Waals surface area contributed by atoms with E-state index >= 15 is 0 Å². The number of rotatable bonds is 2. The molecular weight excluding hydrogens is 276 g/mol. The summed E-state index contributed by atoms with van der Waals surface area (Å²) in [5.41, 5.74) is 1.23. The zero-order chi connectivity index (χ0) is 15.1. The van der Waals surface area contributed by atoms with Crippen LogP contribution in [0.4, 0.5) is 17.6 Å². The third-order valence-electron chi connectivity index (χ3n) is 3.23. The summed E-state index contributed by atoms with van der Waals surface area (Å²) in [7, 11) is 0. The SMILES string of the molecule is CC1(C)CN([C@@H](c2ccc(F)cc2)C(F)(F)F)NC1=O. The smallest absolute Gasteiger partial charge is 0.287 e. The van der Waals surface area contributed by atoms with Gasteiger partial charge in [-0.15, -0.1) is 0 Å². The molecule has 0 radical (unpaired) electrons. The van der Waals surface area contributed by atoms with Crippen LogP contribution in [-0.2, 0) is 4.79 Å². The molecule has 1 heterocycles. The number of hydrazine groups is 1. The minimum absolute atomic E-state index is 0.0760. The Morgan fingerprint density at radius 3 is 2.20 bits per heavy atom. The van der Waals surface area contributed by atoms with Crippen LogP contribution in [0.2, 0.25) is 0 Å². The Labute approximate surface area is 113 Å². The molecule has 110 valence electrons. The van der Waals surface area contributed by atoms with Crippen LogP contribution in [0.1, 0.15) is 25.5 Å². The van der Waals surface area contributed by atoms with Gasteiger partial charge in [0.25, 0.3) is 0 Å². The Morgan fingerprint density at radius 2 is 1.80 bits per heavy atom. The molecule has 7 heteroatoms. The highest BCUT2D eigenvalue weighted by atomic mass is 19.4. The molecule has 2 rings (SSSR count). The zero-order valence-electron chi connectivity index (χ0n) is 11.0. The number of hydrogen-bond acceptors (Lipinski definition) is 2. The molecule has 1 aliphatic heterocycles. The second kappa shape index (κ2) is 4.73. The summed E-state index contributed by atoms with van der Waals surface area (Å²) in [5, 5.41) is 0.857. The third kappa shape index (κ3) is 2.77. The lowest BCUT2D eigenvalue weighted by atomic mass is 9.94. The number of carbonyl (C=O) groups is 1. The van der Waals surface area contributed by atoms with Gasteiger partial charge in [0.2, 0.25) is 5.91 Å².